The number of benzene rings is 3. The fraction of sp³-hybridized carbons (Fsp3) is 0.120. The molecule has 2 heterocycles. The van der Waals surface area contributed by atoms with Gasteiger partial charge < -0.3 is 9.15 Å². The highest BCUT2D eigenvalue weighted by atomic mass is 32.1. The Hall–Kier alpha value is -3.64. The lowest BCUT2D eigenvalue weighted by molar-refractivity contribution is 0.0983. The quantitative estimate of drug-likeness (QED) is 0.319. The molecule has 0 radical (unpaired) electrons. The zero-order valence-electron chi connectivity index (χ0n) is 16.9. The van der Waals surface area contributed by atoms with Crippen LogP contribution < -0.4 is 9.64 Å². The molecule has 0 unspecified atom stereocenters. The van der Waals surface area contributed by atoms with E-state index in [2.05, 4.69) is 0 Å². The van der Waals surface area contributed by atoms with Crippen LogP contribution in [0.2, 0.25) is 0 Å². The molecule has 0 fully saturated rings. The number of carbonyl (C=O) groups excluding carboxylic acids is 1. The number of ether oxygens (including phenoxy) is 1. The fourth-order valence-corrected chi connectivity index (χ4v) is 4.54. The van der Waals surface area contributed by atoms with Gasteiger partial charge in [0.05, 0.1) is 24.1 Å². The molecule has 31 heavy (non-hydrogen) atoms. The Bertz CT molecular complexity index is 1360. The van der Waals surface area contributed by atoms with Crippen LogP contribution in [0, 0.1) is 0 Å². The van der Waals surface area contributed by atoms with Gasteiger partial charge in [0.25, 0.3) is 5.91 Å². The molecule has 1 amide bonds. The molecule has 0 aliphatic carbocycles. The highest BCUT2D eigenvalue weighted by molar-refractivity contribution is 7.22. The highest BCUT2D eigenvalue weighted by Gasteiger charge is 2.24. The Morgan fingerprint density at radius 1 is 1.03 bits per heavy atom. The molecule has 3 aromatic carbocycles. The first-order valence-electron chi connectivity index (χ1n) is 10.1. The van der Waals surface area contributed by atoms with Crippen LogP contribution in [0.15, 0.2) is 83.5 Å². The number of para-hydroxylation sites is 1. The van der Waals surface area contributed by atoms with Crippen LogP contribution in [0.5, 0.6) is 5.75 Å². The fourth-order valence-electron chi connectivity index (χ4n) is 3.56. The van der Waals surface area contributed by atoms with Crippen LogP contribution in [0.3, 0.4) is 0 Å². The number of anilines is 1. The molecule has 6 heteroatoms. The van der Waals surface area contributed by atoms with E-state index in [9.17, 15) is 4.79 Å². The van der Waals surface area contributed by atoms with Crippen molar-refractivity contribution in [2.75, 3.05) is 11.5 Å². The van der Waals surface area contributed by atoms with Crippen LogP contribution in [0.1, 0.15) is 23.0 Å². The predicted molar refractivity (Wildman–Crippen MR) is 124 cm³/mol. The molecule has 0 spiro atoms. The first kappa shape index (κ1) is 19.3. The van der Waals surface area contributed by atoms with Crippen LogP contribution in [-0.2, 0) is 6.54 Å². The summed E-state index contributed by atoms with van der Waals surface area (Å²) in [6.07, 6.45) is 1.61. The number of aromatic nitrogens is 1. The molecule has 5 nitrogen and oxygen atoms in total. The van der Waals surface area contributed by atoms with E-state index in [4.69, 9.17) is 14.1 Å². The summed E-state index contributed by atoms with van der Waals surface area (Å²) in [5.41, 5.74) is 1.37. The minimum absolute atomic E-state index is 0.126. The van der Waals surface area contributed by atoms with Crippen molar-refractivity contribution in [2.45, 2.75) is 13.5 Å². The Labute approximate surface area is 183 Å². The molecule has 0 saturated heterocycles. The molecule has 5 aromatic rings. The lowest BCUT2D eigenvalue weighted by Crippen LogP contribution is -2.30. The van der Waals surface area contributed by atoms with E-state index in [0.717, 1.165) is 26.7 Å². The van der Waals surface area contributed by atoms with Crippen molar-refractivity contribution < 1.29 is 13.9 Å². The monoisotopic (exact) mass is 428 g/mol. The van der Waals surface area contributed by atoms with Crippen LogP contribution in [0.4, 0.5) is 5.13 Å². The Morgan fingerprint density at radius 2 is 1.90 bits per heavy atom. The number of nitrogens with zero attached hydrogens (tertiary/aromatic N) is 2. The molecule has 0 aliphatic rings. The van der Waals surface area contributed by atoms with Gasteiger partial charge in [-0.1, -0.05) is 47.7 Å². The van der Waals surface area contributed by atoms with Gasteiger partial charge in [0.2, 0.25) is 0 Å². The maximum Gasteiger partial charge on any atom is 0.260 e. The van der Waals surface area contributed by atoms with Gasteiger partial charge in [-0.05, 0) is 54.1 Å². The largest absolute Gasteiger partial charge is 0.492 e. The molecule has 0 aliphatic heterocycles. The second-order valence-corrected chi connectivity index (χ2v) is 8.07. The topological polar surface area (TPSA) is 55.6 Å². The third-order valence-electron chi connectivity index (χ3n) is 5.04. The second-order valence-electron chi connectivity index (χ2n) is 7.06. The summed E-state index contributed by atoms with van der Waals surface area (Å²) in [5, 5.41) is 2.73. The van der Waals surface area contributed by atoms with Crippen molar-refractivity contribution in [1.82, 2.24) is 4.98 Å². The van der Waals surface area contributed by atoms with Crippen molar-refractivity contribution >= 4 is 43.4 Å². The number of fused-ring (bicyclic) bond motifs is 2. The lowest BCUT2D eigenvalue weighted by atomic mass is 10.1. The van der Waals surface area contributed by atoms with E-state index < -0.39 is 0 Å². The second kappa shape index (κ2) is 8.24. The van der Waals surface area contributed by atoms with Gasteiger partial charge in [0.1, 0.15) is 17.0 Å². The number of hydrogen-bond donors (Lipinski definition) is 0. The molecule has 5 rings (SSSR count). The standard InChI is InChI=1S/C25H20N2O3S/c1-2-29-21-10-5-11-22-23(21)26-25(31-22)27(16-20-9-6-14-30-20)24(28)19-13-12-17-7-3-4-8-18(17)15-19/h3-15H,2,16H2,1H3. The van der Waals surface area contributed by atoms with Crippen LogP contribution >= 0.6 is 11.3 Å². The van der Waals surface area contributed by atoms with E-state index in [-0.39, 0.29) is 5.91 Å². The first-order valence-corrected chi connectivity index (χ1v) is 10.9. The molecule has 0 N–H and O–H groups in total. The minimum atomic E-state index is -0.126. The van der Waals surface area contributed by atoms with E-state index in [1.54, 1.807) is 11.2 Å². The Balaban J connectivity index is 1.58. The number of thiazole rings is 1. The predicted octanol–water partition coefficient (Wildman–Crippen LogP) is 6.29. The number of rotatable bonds is 6. The van der Waals surface area contributed by atoms with Crippen molar-refractivity contribution in [3.8, 4) is 5.75 Å². The molecule has 0 atom stereocenters. The summed E-state index contributed by atoms with van der Waals surface area (Å²) in [4.78, 5) is 20.1. The van der Waals surface area contributed by atoms with Gasteiger partial charge in [-0.2, -0.15) is 0 Å². The normalized spacial score (nSPS) is 11.1. The molecule has 2 aromatic heterocycles. The van der Waals surface area contributed by atoms with Crippen LogP contribution in [0.25, 0.3) is 21.0 Å². The van der Waals surface area contributed by atoms with Gasteiger partial charge >= 0.3 is 0 Å². The summed E-state index contributed by atoms with van der Waals surface area (Å²) < 4.78 is 12.2. The maximum absolute atomic E-state index is 13.6. The third kappa shape index (κ3) is 3.78. The summed E-state index contributed by atoms with van der Waals surface area (Å²) >= 11 is 1.47. The number of furan rings is 1. The number of carbonyl (C=O) groups is 1. The number of amides is 1. The van der Waals surface area contributed by atoms with Crippen molar-refractivity contribution in [2.24, 2.45) is 0 Å². The van der Waals surface area contributed by atoms with Crippen LogP contribution in [-0.4, -0.2) is 17.5 Å². The number of hydrogen-bond acceptors (Lipinski definition) is 5. The summed E-state index contributed by atoms with van der Waals surface area (Å²) in [7, 11) is 0. The van der Waals surface area contributed by atoms with E-state index in [1.165, 1.54) is 11.3 Å². The van der Waals surface area contributed by atoms with Crippen molar-refractivity contribution in [3.63, 3.8) is 0 Å². The summed E-state index contributed by atoms with van der Waals surface area (Å²) in [5.74, 6) is 1.29. The van der Waals surface area contributed by atoms with Crippen molar-refractivity contribution in [3.05, 3.63) is 90.4 Å². The maximum atomic E-state index is 13.6. The molecule has 0 bridgehead atoms. The zero-order valence-corrected chi connectivity index (χ0v) is 17.8. The van der Waals surface area contributed by atoms with E-state index in [1.807, 2.05) is 79.7 Å². The Kier molecular flexibility index (Phi) is 5.14. The first-order chi connectivity index (χ1) is 15.2. The molecule has 0 saturated carbocycles. The van der Waals surface area contributed by atoms with Gasteiger partial charge in [0.15, 0.2) is 5.13 Å². The summed E-state index contributed by atoms with van der Waals surface area (Å²) in [6, 6.07) is 23.3. The SMILES string of the molecule is CCOc1cccc2sc(N(Cc3ccco3)C(=O)c3ccc4ccccc4c3)nc12. The average Bonchev–Trinajstić information content (AvgIpc) is 3.47. The third-order valence-corrected chi connectivity index (χ3v) is 6.08. The van der Waals surface area contributed by atoms with Gasteiger partial charge in [-0.15, -0.1) is 0 Å². The lowest BCUT2D eigenvalue weighted by Gasteiger charge is -2.19. The molecular weight excluding hydrogens is 408 g/mol. The minimum Gasteiger partial charge on any atom is -0.492 e. The molecular formula is C25H20N2O3S. The average molecular weight is 429 g/mol. The Morgan fingerprint density at radius 3 is 2.71 bits per heavy atom. The van der Waals surface area contributed by atoms with E-state index in [0.29, 0.717) is 29.6 Å². The molecule has 154 valence electrons. The van der Waals surface area contributed by atoms with Gasteiger partial charge in [0, 0.05) is 5.56 Å². The van der Waals surface area contributed by atoms with Gasteiger partial charge in [-0.3, -0.25) is 9.69 Å². The highest BCUT2D eigenvalue weighted by Crippen LogP contribution is 2.35. The smallest absolute Gasteiger partial charge is 0.260 e. The summed E-state index contributed by atoms with van der Waals surface area (Å²) in [6.45, 7) is 2.79. The van der Waals surface area contributed by atoms with E-state index >= 15 is 0 Å². The zero-order chi connectivity index (χ0) is 21.2. The van der Waals surface area contributed by atoms with Crippen molar-refractivity contribution in [1.29, 1.82) is 0 Å². The van der Waals surface area contributed by atoms with Gasteiger partial charge in [-0.25, -0.2) is 4.98 Å².